The summed E-state index contributed by atoms with van der Waals surface area (Å²) in [5.41, 5.74) is 0. The van der Waals surface area contributed by atoms with Crippen molar-refractivity contribution >= 4 is 17.9 Å². The standard InChI is InChI=1S/C34H60O15/c1-21(17-15-13-11-9-7-5-4-6-8-10-12-14-16-18-26(37)38)46-34-32(30(42)28(40)25(48-34)20-45-23(3)36)49-33-31(43)29(41)27(39)24(47-33)19-44-22(2)35/h21,24-25,27-34,39-43H,4-20H2,1-3H3,(H,37,38)/t21?,24-,25-,27-,28-,29+,30+,31-,32-,33+,34-/m1/s1. The number of unbranched alkanes of at least 4 members (excludes halogenated alkanes) is 12. The average Bonchev–Trinajstić information content (AvgIpc) is 3.04. The molecule has 2 heterocycles. The molecular formula is C34H60O15. The number of hydrogen-bond acceptors (Lipinski definition) is 14. The number of aliphatic hydroxyl groups excluding tert-OH is 5. The van der Waals surface area contributed by atoms with Crippen LogP contribution in [0.15, 0.2) is 0 Å². The van der Waals surface area contributed by atoms with Gasteiger partial charge in [-0.3, -0.25) is 14.4 Å². The van der Waals surface area contributed by atoms with Gasteiger partial charge in [0.05, 0.1) is 6.10 Å². The van der Waals surface area contributed by atoms with E-state index in [-0.39, 0.29) is 19.1 Å². The molecule has 0 spiro atoms. The van der Waals surface area contributed by atoms with Crippen LogP contribution in [0.3, 0.4) is 0 Å². The number of aliphatic hydroxyl groups is 5. The highest BCUT2D eigenvalue weighted by Crippen LogP contribution is 2.31. The van der Waals surface area contributed by atoms with E-state index >= 15 is 0 Å². The Morgan fingerprint density at radius 2 is 1.02 bits per heavy atom. The lowest BCUT2D eigenvalue weighted by Gasteiger charge is -2.46. The van der Waals surface area contributed by atoms with Crippen LogP contribution in [-0.4, -0.2) is 129 Å². The zero-order valence-corrected chi connectivity index (χ0v) is 29.2. The van der Waals surface area contributed by atoms with Crippen molar-refractivity contribution in [2.45, 2.75) is 185 Å². The van der Waals surface area contributed by atoms with Crippen molar-refractivity contribution in [2.75, 3.05) is 13.2 Å². The third-order valence-electron chi connectivity index (χ3n) is 8.87. The lowest BCUT2D eigenvalue weighted by molar-refractivity contribution is -0.371. The number of ether oxygens (including phenoxy) is 6. The second-order valence-electron chi connectivity index (χ2n) is 13.2. The largest absolute Gasteiger partial charge is 0.481 e. The molecule has 11 atom stereocenters. The molecule has 1 unspecified atom stereocenters. The van der Waals surface area contributed by atoms with E-state index in [4.69, 9.17) is 33.5 Å². The average molecular weight is 709 g/mol. The van der Waals surface area contributed by atoms with Crippen LogP contribution in [0.1, 0.15) is 117 Å². The number of aliphatic carboxylic acids is 1. The van der Waals surface area contributed by atoms with E-state index in [2.05, 4.69) is 0 Å². The molecule has 6 N–H and O–H groups in total. The molecule has 0 amide bonds. The predicted octanol–water partition coefficient (Wildman–Crippen LogP) is 2.09. The summed E-state index contributed by atoms with van der Waals surface area (Å²) in [6.45, 7) is 3.38. The molecule has 0 aromatic heterocycles. The van der Waals surface area contributed by atoms with E-state index in [1.807, 2.05) is 6.92 Å². The first kappa shape index (κ1) is 43.2. The van der Waals surface area contributed by atoms with Crippen molar-refractivity contribution in [3.63, 3.8) is 0 Å². The Labute approximate surface area is 289 Å². The summed E-state index contributed by atoms with van der Waals surface area (Å²) in [5.74, 6) is -1.99. The molecule has 0 aromatic carbocycles. The van der Waals surface area contributed by atoms with Gasteiger partial charge >= 0.3 is 17.9 Å². The van der Waals surface area contributed by atoms with Gasteiger partial charge in [-0.2, -0.15) is 0 Å². The van der Waals surface area contributed by atoms with Crippen LogP contribution in [0.25, 0.3) is 0 Å². The van der Waals surface area contributed by atoms with E-state index in [1.54, 1.807) is 0 Å². The van der Waals surface area contributed by atoms with Gasteiger partial charge in [0, 0.05) is 20.3 Å². The smallest absolute Gasteiger partial charge is 0.303 e. The lowest BCUT2D eigenvalue weighted by Crippen LogP contribution is -2.65. The molecule has 0 aliphatic carbocycles. The van der Waals surface area contributed by atoms with Gasteiger partial charge in [-0.25, -0.2) is 0 Å². The Kier molecular flexibility index (Phi) is 20.7. The van der Waals surface area contributed by atoms with E-state index in [0.29, 0.717) is 6.42 Å². The van der Waals surface area contributed by atoms with E-state index in [1.165, 1.54) is 39.0 Å². The molecule has 2 aliphatic heterocycles. The minimum absolute atomic E-state index is 0.259. The summed E-state index contributed by atoms with van der Waals surface area (Å²) in [7, 11) is 0. The Balaban J connectivity index is 1.82. The molecule has 2 rings (SSSR count). The van der Waals surface area contributed by atoms with Crippen LogP contribution in [0.2, 0.25) is 0 Å². The number of carboxylic acid groups (broad SMARTS) is 1. The third kappa shape index (κ3) is 16.3. The summed E-state index contributed by atoms with van der Waals surface area (Å²) >= 11 is 0. The maximum atomic E-state index is 11.4. The van der Waals surface area contributed by atoms with Gasteiger partial charge in [-0.1, -0.05) is 77.0 Å². The summed E-state index contributed by atoms with van der Waals surface area (Å²) < 4.78 is 33.3. The third-order valence-corrected chi connectivity index (χ3v) is 8.87. The molecule has 286 valence electrons. The minimum atomic E-state index is -1.77. The fraction of sp³-hybridized carbons (Fsp3) is 0.912. The molecule has 2 saturated heterocycles. The van der Waals surface area contributed by atoms with Gasteiger partial charge in [0.2, 0.25) is 0 Å². The van der Waals surface area contributed by atoms with Crippen LogP contribution < -0.4 is 0 Å². The molecule has 15 heteroatoms. The van der Waals surface area contributed by atoms with Gasteiger partial charge in [0.1, 0.15) is 62.0 Å². The fourth-order valence-electron chi connectivity index (χ4n) is 5.97. The van der Waals surface area contributed by atoms with Crippen LogP contribution in [0.4, 0.5) is 0 Å². The van der Waals surface area contributed by atoms with Gasteiger partial charge in [-0.15, -0.1) is 0 Å². The summed E-state index contributed by atoms with van der Waals surface area (Å²) in [6, 6.07) is 0. The normalized spacial score (nSPS) is 30.9. The fourth-order valence-corrected chi connectivity index (χ4v) is 5.97. The molecule has 0 saturated carbocycles. The van der Waals surface area contributed by atoms with Crippen LogP contribution in [0.5, 0.6) is 0 Å². The highest BCUT2D eigenvalue weighted by Gasteiger charge is 2.51. The lowest BCUT2D eigenvalue weighted by atomic mass is 9.97. The van der Waals surface area contributed by atoms with Crippen LogP contribution >= 0.6 is 0 Å². The van der Waals surface area contributed by atoms with E-state index < -0.39 is 85.9 Å². The van der Waals surface area contributed by atoms with Gasteiger partial charge in [0.25, 0.3) is 0 Å². The zero-order chi connectivity index (χ0) is 36.3. The van der Waals surface area contributed by atoms with Crippen LogP contribution in [-0.2, 0) is 42.8 Å². The van der Waals surface area contributed by atoms with Gasteiger partial charge < -0.3 is 59.1 Å². The SMILES string of the molecule is CC(=O)OC[C@H]1O[C@@H](O[C@H]2[C@H](OC(C)CCCCCCCCCCCCCCCC(=O)O)O[C@H](COC(C)=O)[C@@H](O)[C@@H]2O)[C@H](O)[C@@H](O)[C@@H]1O. The minimum Gasteiger partial charge on any atom is -0.481 e. The van der Waals surface area contributed by atoms with Gasteiger partial charge in [-0.05, 0) is 19.8 Å². The number of esters is 2. The number of carbonyl (C=O) groups excluding carboxylic acids is 2. The van der Waals surface area contributed by atoms with Crippen molar-refractivity contribution in [1.29, 1.82) is 0 Å². The van der Waals surface area contributed by atoms with Crippen LogP contribution in [0, 0.1) is 0 Å². The summed E-state index contributed by atoms with van der Waals surface area (Å²) in [6.07, 6.45) is -0.526. The van der Waals surface area contributed by atoms with Crippen molar-refractivity contribution in [1.82, 2.24) is 0 Å². The first-order valence-electron chi connectivity index (χ1n) is 17.8. The first-order chi connectivity index (χ1) is 23.3. The number of rotatable bonds is 24. The molecule has 0 aromatic rings. The summed E-state index contributed by atoms with van der Waals surface area (Å²) in [4.78, 5) is 33.2. The highest BCUT2D eigenvalue weighted by molar-refractivity contribution is 5.66. The Bertz CT molecular complexity index is 951. The molecule has 2 fully saturated rings. The number of hydrogen-bond donors (Lipinski definition) is 6. The Hall–Kier alpha value is -1.95. The molecule has 49 heavy (non-hydrogen) atoms. The Morgan fingerprint density at radius 3 is 1.49 bits per heavy atom. The highest BCUT2D eigenvalue weighted by atomic mass is 16.8. The quantitative estimate of drug-likeness (QED) is 0.0623. The molecule has 0 radical (unpaired) electrons. The number of carboxylic acids is 1. The molecule has 15 nitrogen and oxygen atoms in total. The zero-order valence-electron chi connectivity index (χ0n) is 29.2. The molecule has 0 bridgehead atoms. The topological polar surface area (TPSA) is 228 Å². The van der Waals surface area contributed by atoms with E-state index in [9.17, 15) is 39.9 Å². The summed E-state index contributed by atoms with van der Waals surface area (Å²) in [5, 5.41) is 61.8. The maximum Gasteiger partial charge on any atom is 0.303 e. The molecule has 2 aliphatic rings. The monoisotopic (exact) mass is 708 g/mol. The van der Waals surface area contributed by atoms with Gasteiger partial charge in [0.15, 0.2) is 12.6 Å². The van der Waals surface area contributed by atoms with Crippen molar-refractivity contribution < 1.29 is 73.4 Å². The first-order valence-corrected chi connectivity index (χ1v) is 17.8. The second-order valence-corrected chi connectivity index (χ2v) is 13.2. The Morgan fingerprint density at radius 1 is 0.592 bits per heavy atom. The van der Waals surface area contributed by atoms with Crippen molar-refractivity contribution in [2.24, 2.45) is 0 Å². The number of carbonyl (C=O) groups is 3. The van der Waals surface area contributed by atoms with Crippen molar-refractivity contribution in [3.05, 3.63) is 0 Å². The second kappa shape index (κ2) is 23.5. The predicted molar refractivity (Wildman–Crippen MR) is 173 cm³/mol. The van der Waals surface area contributed by atoms with Crippen molar-refractivity contribution in [3.8, 4) is 0 Å². The van der Waals surface area contributed by atoms with E-state index in [0.717, 1.165) is 58.3 Å². The molecular weight excluding hydrogens is 648 g/mol. The maximum absolute atomic E-state index is 11.4.